The molecule has 2 aliphatic rings. The zero-order valence-corrected chi connectivity index (χ0v) is 8.57. The van der Waals surface area contributed by atoms with Crippen LogP contribution in [0.5, 0.6) is 0 Å². The molecule has 1 saturated heterocycles. The van der Waals surface area contributed by atoms with E-state index in [-0.39, 0.29) is 5.91 Å². The number of allylic oxidation sites excluding steroid dienone is 2. The number of hydrogen-bond acceptors (Lipinski definition) is 2. The molecule has 0 bridgehead atoms. The van der Waals surface area contributed by atoms with E-state index in [9.17, 15) is 9.90 Å². The quantitative estimate of drug-likeness (QED) is 0.666. The molecule has 14 heavy (non-hydrogen) atoms. The van der Waals surface area contributed by atoms with Crippen molar-refractivity contribution < 1.29 is 9.90 Å². The summed E-state index contributed by atoms with van der Waals surface area (Å²) in [6.45, 7) is 2.77. The van der Waals surface area contributed by atoms with Gasteiger partial charge in [0.05, 0.1) is 18.7 Å². The SMILES string of the molecule is CC1(O)CN(C(=O)CC2C=CCC2)C1. The lowest BCUT2D eigenvalue weighted by Gasteiger charge is -2.44. The Balaban J connectivity index is 1.77. The van der Waals surface area contributed by atoms with Crippen LogP contribution in [0, 0.1) is 5.92 Å². The van der Waals surface area contributed by atoms with Crippen molar-refractivity contribution in [2.75, 3.05) is 13.1 Å². The van der Waals surface area contributed by atoms with Crippen LogP contribution in [-0.4, -0.2) is 34.6 Å². The van der Waals surface area contributed by atoms with E-state index >= 15 is 0 Å². The van der Waals surface area contributed by atoms with Crippen molar-refractivity contribution in [1.29, 1.82) is 0 Å². The molecule has 0 aromatic rings. The van der Waals surface area contributed by atoms with Crippen LogP contribution in [-0.2, 0) is 4.79 Å². The molecule has 0 radical (unpaired) electrons. The van der Waals surface area contributed by atoms with E-state index in [1.54, 1.807) is 11.8 Å². The standard InChI is InChI=1S/C11H17NO2/c1-11(14)7-12(8-11)10(13)6-9-4-2-3-5-9/h2,4,9,14H,3,5-8H2,1H3. The zero-order chi connectivity index (χ0) is 10.2. The molecule has 1 fully saturated rings. The summed E-state index contributed by atoms with van der Waals surface area (Å²) in [6.07, 6.45) is 7.11. The van der Waals surface area contributed by atoms with Crippen LogP contribution in [0.15, 0.2) is 12.2 Å². The predicted octanol–water partition coefficient (Wildman–Crippen LogP) is 0.936. The van der Waals surface area contributed by atoms with Crippen molar-refractivity contribution in [3.05, 3.63) is 12.2 Å². The normalized spacial score (nSPS) is 29.0. The summed E-state index contributed by atoms with van der Waals surface area (Å²) in [5.41, 5.74) is -0.638. The Hall–Kier alpha value is -0.830. The molecule has 1 atom stereocenters. The summed E-state index contributed by atoms with van der Waals surface area (Å²) >= 11 is 0. The first kappa shape index (κ1) is 9.71. The fraction of sp³-hybridized carbons (Fsp3) is 0.727. The summed E-state index contributed by atoms with van der Waals surface area (Å²) < 4.78 is 0. The highest BCUT2D eigenvalue weighted by atomic mass is 16.3. The van der Waals surface area contributed by atoms with Gasteiger partial charge in [-0.15, -0.1) is 0 Å². The predicted molar refractivity (Wildman–Crippen MR) is 53.7 cm³/mol. The van der Waals surface area contributed by atoms with E-state index in [1.165, 1.54) is 0 Å². The van der Waals surface area contributed by atoms with Crippen LogP contribution in [0.2, 0.25) is 0 Å². The molecular formula is C11H17NO2. The molecule has 1 unspecified atom stereocenters. The molecule has 0 saturated carbocycles. The lowest BCUT2D eigenvalue weighted by molar-refractivity contribution is -0.152. The lowest BCUT2D eigenvalue weighted by Crippen LogP contribution is -2.61. The third kappa shape index (κ3) is 1.98. The van der Waals surface area contributed by atoms with E-state index in [2.05, 4.69) is 12.2 Å². The molecule has 2 rings (SSSR count). The highest BCUT2D eigenvalue weighted by molar-refractivity contribution is 5.77. The molecule has 1 N–H and O–H groups in total. The van der Waals surface area contributed by atoms with Crippen molar-refractivity contribution in [1.82, 2.24) is 4.90 Å². The van der Waals surface area contributed by atoms with Crippen molar-refractivity contribution in [3.63, 3.8) is 0 Å². The molecular weight excluding hydrogens is 178 g/mol. The van der Waals surface area contributed by atoms with Crippen LogP contribution >= 0.6 is 0 Å². The maximum Gasteiger partial charge on any atom is 0.223 e. The first-order valence-electron chi connectivity index (χ1n) is 5.24. The highest BCUT2D eigenvalue weighted by Crippen LogP contribution is 2.25. The minimum atomic E-state index is -0.638. The second-order valence-electron chi connectivity index (χ2n) is 4.72. The van der Waals surface area contributed by atoms with Gasteiger partial charge in [-0.25, -0.2) is 0 Å². The average molecular weight is 195 g/mol. The minimum Gasteiger partial charge on any atom is -0.386 e. The number of rotatable bonds is 2. The fourth-order valence-corrected chi connectivity index (χ4v) is 2.17. The van der Waals surface area contributed by atoms with Crippen LogP contribution in [0.1, 0.15) is 26.2 Å². The van der Waals surface area contributed by atoms with Crippen LogP contribution in [0.4, 0.5) is 0 Å². The zero-order valence-electron chi connectivity index (χ0n) is 8.57. The Kier molecular flexibility index (Phi) is 2.35. The molecule has 0 spiro atoms. The molecule has 0 aromatic heterocycles. The van der Waals surface area contributed by atoms with Crippen LogP contribution in [0.25, 0.3) is 0 Å². The van der Waals surface area contributed by atoms with Gasteiger partial charge in [-0.3, -0.25) is 4.79 Å². The highest BCUT2D eigenvalue weighted by Gasteiger charge is 2.39. The van der Waals surface area contributed by atoms with Crippen molar-refractivity contribution in [2.45, 2.75) is 31.8 Å². The summed E-state index contributed by atoms with van der Waals surface area (Å²) in [5, 5.41) is 9.49. The molecule has 3 nitrogen and oxygen atoms in total. The maximum atomic E-state index is 11.6. The first-order valence-corrected chi connectivity index (χ1v) is 5.24. The van der Waals surface area contributed by atoms with E-state index in [1.807, 2.05) is 0 Å². The molecule has 1 amide bonds. The van der Waals surface area contributed by atoms with Gasteiger partial charge in [0, 0.05) is 6.42 Å². The molecule has 3 heteroatoms. The Morgan fingerprint density at radius 3 is 2.86 bits per heavy atom. The topological polar surface area (TPSA) is 40.5 Å². The number of carbonyl (C=O) groups excluding carboxylic acids is 1. The lowest BCUT2D eigenvalue weighted by atomic mass is 9.95. The third-order valence-corrected chi connectivity index (χ3v) is 2.96. The van der Waals surface area contributed by atoms with Crippen LogP contribution < -0.4 is 0 Å². The number of aliphatic hydroxyl groups is 1. The monoisotopic (exact) mass is 195 g/mol. The Morgan fingerprint density at radius 1 is 1.64 bits per heavy atom. The maximum absolute atomic E-state index is 11.6. The van der Waals surface area contributed by atoms with E-state index in [0.717, 1.165) is 12.8 Å². The van der Waals surface area contributed by atoms with Gasteiger partial charge in [0.25, 0.3) is 0 Å². The minimum absolute atomic E-state index is 0.188. The number of likely N-dealkylation sites (tertiary alicyclic amines) is 1. The van der Waals surface area contributed by atoms with Crippen LogP contribution in [0.3, 0.4) is 0 Å². The van der Waals surface area contributed by atoms with Gasteiger partial charge in [0.2, 0.25) is 5.91 Å². The summed E-state index contributed by atoms with van der Waals surface area (Å²) in [4.78, 5) is 13.4. The summed E-state index contributed by atoms with van der Waals surface area (Å²) in [7, 11) is 0. The number of β-amino-alcohol motifs (C(OH)–C–C–N with tert-alkyl or cyclic N) is 1. The molecule has 78 valence electrons. The molecule has 1 aliphatic carbocycles. The van der Waals surface area contributed by atoms with E-state index < -0.39 is 5.60 Å². The number of carbonyl (C=O) groups is 1. The van der Waals surface area contributed by atoms with Gasteiger partial charge < -0.3 is 10.0 Å². The second-order valence-corrected chi connectivity index (χ2v) is 4.72. The Labute approximate surface area is 84.4 Å². The van der Waals surface area contributed by atoms with Crippen molar-refractivity contribution in [2.24, 2.45) is 5.92 Å². The van der Waals surface area contributed by atoms with E-state index in [0.29, 0.717) is 25.4 Å². The van der Waals surface area contributed by atoms with Crippen molar-refractivity contribution >= 4 is 5.91 Å². The summed E-state index contributed by atoms with van der Waals surface area (Å²) in [6, 6.07) is 0. The van der Waals surface area contributed by atoms with Gasteiger partial charge in [0.1, 0.15) is 0 Å². The fourth-order valence-electron chi connectivity index (χ4n) is 2.17. The largest absolute Gasteiger partial charge is 0.386 e. The van der Waals surface area contributed by atoms with Gasteiger partial charge in [0.15, 0.2) is 0 Å². The Morgan fingerprint density at radius 2 is 2.36 bits per heavy atom. The average Bonchev–Trinajstić information content (AvgIpc) is 2.52. The van der Waals surface area contributed by atoms with Gasteiger partial charge in [-0.1, -0.05) is 12.2 Å². The van der Waals surface area contributed by atoms with Gasteiger partial charge in [-0.2, -0.15) is 0 Å². The Bertz CT molecular complexity index is 262. The van der Waals surface area contributed by atoms with Crippen molar-refractivity contribution in [3.8, 4) is 0 Å². The van der Waals surface area contributed by atoms with Gasteiger partial charge in [-0.05, 0) is 25.7 Å². The second kappa shape index (κ2) is 3.39. The number of amides is 1. The number of hydrogen-bond donors (Lipinski definition) is 1. The number of nitrogens with zero attached hydrogens (tertiary/aromatic N) is 1. The third-order valence-electron chi connectivity index (χ3n) is 2.96. The van der Waals surface area contributed by atoms with E-state index in [4.69, 9.17) is 0 Å². The summed E-state index contributed by atoms with van der Waals surface area (Å²) in [5.74, 6) is 0.626. The molecule has 0 aromatic carbocycles. The molecule has 1 heterocycles. The first-order chi connectivity index (χ1) is 6.57. The smallest absolute Gasteiger partial charge is 0.223 e. The van der Waals surface area contributed by atoms with Gasteiger partial charge >= 0.3 is 0 Å². The molecule has 1 aliphatic heterocycles.